The maximum atomic E-state index is 5.70. The van der Waals surface area contributed by atoms with Crippen molar-refractivity contribution in [3.63, 3.8) is 0 Å². The summed E-state index contributed by atoms with van der Waals surface area (Å²) in [5.74, 6) is 0.503. The first-order chi connectivity index (χ1) is 6.11. The number of anilines is 1. The molecular formula is C7H11ClN4S. The molecule has 0 amide bonds. The first-order valence-electron chi connectivity index (χ1n) is 3.88. The lowest BCUT2D eigenvalue weighted by atomic mass is 10.6. The fraction of sp³-hybridized carbons (Fsp3) is 0.571. The van der Waals surface area contributed by atoms with Crippen LogP contribution in [0.1, 0.15) is 13.8 Å². The Bertz CT molecular complexity index is 292. The van der Waals surface area contributed by atoms with Crippen molar-refractivity contribution in [1.82, 2.24) is 15.0 Å². The molecule has 1 heterocycles. The van der Waals surface area contributed by atoms with Gasteiger partial charge < -0.3 is 5.32 Å². The molecule has 72 valence electrons. The Morgan fingerprint density at radius 2 is 2.00 bits per heavy atom. The molecule has 1 rings (SSSR count). The topological polar surface area (TPSA) is 50.7 Å². The molecule has 1 aromatic rings. The van der Waals surface area contributed by atoms with E-state index in [1.54, 1.807) is 18.8 Å². The zero-order valence-electron chi connectivity index (χ0n) is 7.71. The number of nitrogens with zero attached hydrogens (tertiary/aromatic N) is 3. The molecule has 13 heavy (non-hydrogen) atoms. The maximum Gasteiger partial charge on any atom is 0.228 e. The largest absolute Gasteiger partial charge is 0.357 e. The molecule has 0 radical (unpaired) electrons. The van der Waals surface area contributed by atoms with Gasteiger partial charge in [-0.05, 0) is 11.6 Å². The van der Waals surface area contributed by atoms with E-state index in [0.717, 1.165) is 0 Å². The van der Waals surface area contributed by atoms with Crippen LogP contribution in [0.15, 0.2) is 5.16 Å². The number of rotatable bonds is 3. The van der Waals surface area contributed by atoms with Crippen molar-refractivity contribution in [2.75, 3.05) is 12.4 Å². The van der Waals surface area contributed by atoms with Crippen molar-refractivity contribution in [2.45, 2.75) is 24.3 Å². The first kappa shape index (κ1) is 10.5. The summed E-state index contributed by atoms with van der Waals surface area (Å²) >= 11 is 7.25. The number of thioether (sulfide) groups is 1. The summed E-state index contributed by atoms with van der Waals surface area (Å²) in [4.78, 5) is 12.0. The minimum absolute atomic E-state index is 0.225. The Morgan fingerprint density at radius 1 is 1.31 bits per heavy atom. The van der Waals surface area contributed by atoms with Crippen LogP contribution in [0.4, 0.5) is 5.95 Å². The number of nitrogens with one attached hydrogen (secondary N) is 1. The lowest BCUT2D eigenvalue weighted by Crippen LogP contribution is -2.01. The molecule has 0 saturated heterocycles. The van der Waals surface area contributed by atoms with Gasteiger partial charge in [-0.25, -0.2) is 0 Å². The summed E-state index contributed by atoms with van der Waals surface area (Å²) in [5, 5.41) is 4.13. The Balaban J connectivity index is 2.88. The maximum absolute atomic E-state index is 5.70. The van der Waals surface area contributed by atoms with Gasteiger partial charge in [0.1, 0.15) is 0 Å². The molecule has 6 heteroatoms. The van der Waals surface area contributed by atoms with Crippen molar-refractivity contribution in [2.24, 2.45) is 0 Å². The molecule has 4 nitrogen and oxygen atoms in total. The van der Waals surface area contributed by atoms with Crippen LogP contribution >= 0.6 is 23.4 Å². The summed E-state index contributed by atoms with van der Waals surface area (Å²) < 4.78 is 0. The van der Waals surface area contributed by atoms with Gasteiger partial charge in [-0.3, -0.25) is 0 Å². The second-order valence-corrected chi connectivity index (χ2v) is 4.51. The van der Waals surface area contributed by atoms with E-state index in [-0.39, 0.29) is 5.28 Å². The normalized spacial score (nSPS) is 10.5. The third-order valence-electron chi connectivity index (χ3n) is 1.15. The van der Waals surface area contributed by atoms with Crippen LogP contribution in [-0.2, 0) is 0 Å². The van der Waals surface area contributed by atoms with E-state index in [2.05, 4.69) is 34.1 Å². The Kier molecular flexibility index (Phi) is 3.74. The van der Waals surface area contributed by atoms with Crippen LogP contribution in [0.5, 0.6) is 0 Å². The number of hydrogen-bond donors (Lipinski definition) is 1. The van der Waals surface area contributed by atoms with E-state index in [0.29, 0.717) is 16.4 Å². The summed E-state index contributed by atoms with van der Waals surface area (Å²) in [7, 11) is 1.75. The summed E-state index contributed by atoms with van der Waals surface area (Å²) in [6, 6.07) is 0. The molecule has 0 aliphatic rings. The molecule has 0 aromatic carbocycles. The third-order valence-corrected chi connectivity index (χ3v) is 2.19. The smallest absolute Gasteiger partial charge is 0.228 e. The van der Waals surface area contributed by atoms with Gasteiger partial charge in [0.15, 0.2) is 5.16 Å². The highest BCUT2D eigenvalue weighted by Gasteiger charge is 2.05. The molecule has 0 spiro atoms. The molecule has 0 fully saturated rings. The van der Waals surface area contributed by atoms with Crippen LogP contribution in [0.25, 0.3) is 0 Å². The Hall–Kier alpha value is -0.550. The zero-order chi connectivity index (χ0) is 9.84. The molecule has 0 saturated carbocycles. The summed E-state index contributed by atoms with van der Waals surface area (Å²) in [5.41, 5.74) is 0. The summed E-state index contributed by atoms with van der Waals surface area (Å²) in [6.45, 7) is 4.14. The summed E-state index contributed by atoms with van der Waals surface area (Å²) in [6.07, 6.45) is 0. The van der Waals surface area contributed by atoms with Gasteiger partial charge in [-0.2, -0.15) is 15.0 Å². The molecule has 0 atom stereocenters. The molecular weight excluding hydrogens is 208 g/mol. The molecule has 1 aromatic heterocycles. The average molecular weight is 219 g/mol. The van der Waals surface area contributed by atoms with Crippen molar-refractivity contribution in [1.29, 1.82) is 0 Å². The standard InChI is InChI=1S/C7H11ClN4S/c1-4(2)13-7-11-5(8)10-6(9-3)12-7/h4H,1-3H3,(H,9,10,11,12). The van der Waals surface area contributed by atoms with Gasteiger partial charge in [0.2, 0.25) is 11.2 Å². The molecule has 0 aliphatic heterocycles. The van der Waals surface area contributed by atoms with Crippen molar-refractivity contribution in [3.05, 3.63) is 5.28 Å². The minimum Gasteiger partial charge on any atom is -0.357 e. The van der Waals surface area contributed by atoms with E-state index in [4.69, 9.17) is 11.6 Å². The highest BCUT2D eigenvalue weighted by Crippen LogP contribution is 2.20. The Morgan fingerprint density at radius 3 is 2.54 bits per heavy atom. The van der Waals surface area contributed by atoms with Gasteiger partial charge in [-0.15, -0.1) is 0 Å². The van der Waals surface area contributed by atoms with Gasteiger partial charge in [0.25, 0.3) is 0 Å². The monoisotopic (exact) mass is 218 g/mol. The second-order valence-electron chi connectivity index (χ2n) is 2.63. The van der Waals surface area contributed by atoms with Crippen LogP contribution in [0.3, 0.4) is 0 Å². The van der Waals surface area contributed by atoms with Crippen LogP contribution < -0.4 is 5.32 Å². The lowest BCUT2D eigenvalue weighted by molar-refractivity contribution is 0.901. The second kappa shape index (κ2) is 4.62. The van der Waals surface area contributed by atoms with E-state index >= 15 is 0 Å². The van der Waals surface area contributed by atoms with Crippen LogP contribution in [0.2, 0.25) is 5.28 Å². The average Bonchev–Trinajstić information content (AvgIpc) is 2.01. The molecule has 0 bridgehead atoms. The lowest BCUT2D eigenvalue weighted by Gasteiger charge is -2.04. The quantitative estimate of drug-likeness (QED) is 0.788. The minimum atomic E-state index is 0.225. The number of halogens is 1. The van der Waals surface area contributed by atoms with Crippen LogP contribution in [-0.4, -0.2) is 27.2 Å². The predicted molar refractivity (Wildman–Crippen MR) is 55.4 cm³/mol. The number of hydrogen-bond acceptors (Lipinski definition) is 5. The molecule has 0 aliphatic carbocycles. The Labute approximate surface area is 86.5 Å². The van der Waals surface area contributed by atoms with E-state index < -0.39 is 0 Å². The van der Waals surface area contributed by atoms with Gasteiger partial charge >= 0.3 is 0 Å². The van der Waals surface area contributed by atoms with E-state index in [1.807, 2.05) is 0 Å². The van der Waals surface area contributed by atoms with Crippen molar-refractivity contribution < 1.29 is 0 Å². The predicted octanol–water partition coefficient (Wildman–Crippen LogP) is 2.07. The van der Waals surface area contributed by atoms with Crippen molar-refractivity contribution >= 4 is 29.3 Å². The van der Waals surface area contributed by atoms with Crippen LogP contribution in [0, 0.1) is 0 Å². The van der Waals surface area contributed by atoms with Gasteiger partial charge in [0, 0.05) is 12.3 Å². The zero-order valence-corrected chi connectivity index (χ0v) is 9.28. The highest BCUT2D eigenvalue weighted by atomic mass is 35.5. The van der Waals surface area contributed by atoms with E-state index in [1.165, 1.54) is 0 Å². The van der Waals surface area contributed by atoms with Crippen molar-refractivity contribution in [3.8, 4) is 0 Å². The third kappa shape index (κ3) is 3.36. The SMILES string of the molecule is CNc1nc(Cl)nc(SC(C)C)n1. The fourth-order valence-electron chi connectivity index (χ4n) is 0.707. The molecule has 1 N–H and O–H groups in total. The van der Waals surface area contributed by atoms with Gasteiger partial charge in [-0.1, -0.05) is 25.6 Å². The van der Waals surface area contributed by atoms with Gasteiger partial charge in [0.05, 0.1) is 0 Å². The molecule has 0 unspecified atom stereocenters. The van der Waals surface area contributed by atoms with E-state index in [9.17, 15) is 0 Å². The highest BCUT2D eigenvalue weighted by molar-refractivity contribution is 7.99. The first-order valence-corrected chi connectivity index (χ1v) is 5.13. The number of aromatic nitrogens is 3. The fourth-order valence-corrected chi connectivity index (χ4v) is 1.62.